The normalized spacial score (nSPS) is 21.2. The molecule has 0 radical (unpaired) electrons. The van der Waals surface area contributed by atoms with Gasteiger partial charge in [-0.05, 0) is 33.1 Å². The summed E-state index contributed by atoms with van der Waals surface area (Å²) >= 11 is 3.63. The molecular weight excluding hydrogens is 504 g/mol. The number of thioether (sulfide) groups is 1. The summed E-state index contributed by atoms with van der Waals surface area (Å²) in [6.07, 6.45) is 10.6. The maximum absolute atomic E-state index is 4.80. The second-order valence-electron chi connectivity index (χ2n) is 9.91. The average Bonchev–Trinajstić information content (AvgIpc) is 3.56. The first-order valence-electron chi connectivity index (χ1n) is 12.9. The van der Waals surface area contributed by atoms with E-state index < -0.39 is 0 Å². The fraction of sp³-hybridized carbons (Fsp3) is 0.520. The van der Waals surface area contributed by atoms with E-state index in [9.17, 15) is 0 Å². The molecule has 3 aliphatic heterocycles. The van der Waals surface area contributed by atoms with Gasteiger partial charge in [0, 0.05) is 75.1 Å². The Morgan fingerprint density at radius 2 is 1.84 bits per heavy atom. The molecule has 6 rings (SSSR count). The van der Waals surface area contributed by atoms with Crippen molar-refractivity contribution in [3.63, 3.8) is 0 Å². The Balaban J connectivity index is 1.12. The van der Waals surface area contributed by atoms with Crippen LogP contribution in [0.5, 0.6) is 0 Å². The van der Waals surface area contributed by atoms with Gasteiger partial charge in [0.05, 0.1) is 22.8 Å². The molecule has 3 aromatic rings. The van der Waals surface area contributed by atoms with Gasteiger partial charge in [-0.3, -0.25) is 8.99 Å². The van der Waals surface area contributed by atoms with Crippen molar-refractivity contribution < 1.29 is 0 Å². The molecule has 0 saturated carbocycles. The van der Waals surface area contributed by atoms with E-state index in [2.05, 4.69) is 65.0 Å². The first kappa shape index (κ1) is 24.8. The fourth-order valence-corrected chi connectivity index (χ4v) is 6.67. The van der Waals surface area contributed by atoms with Crippen LogP contribution in [0, 0.1) is 6.92 Å². The molecule has 196 valence electrons. The quantitative estimate of drug-likeness (QED) is 0.446. The van der Waals surface area contributed by atoms with E-state index in [-0.39, 0.29) is 5.37 Å². The third-order valence-electron chi connectivity index (χ3n) is 7.26. The summed E-state index contributed by atoms with van der Waals surface area (Å²) in [6, 6.07) is 4.52. The Labute approximate surface area is 226 Å². The zero-order valence-corrected chi connectivity index (χ0v) is 23.2. The monoisotopic (exact) mass is 538 g/mol. The number of nitrogens with zero attached hydrogens (tertiary/aromatic N) is 8. The molecule has 1 unspecified atom stereocenters. The Bertz CT molecular complexity index is 1230. The average molecular weight is 539 g/mol. The van der Waals surface area contributed by atoms with Crippen LogP contribution in [0.2, 0.25) is 0 Å². The van der Waals surface area contributed by atoms with Crippen LogP contribution < -0.4 is 15.5 Å². The van der Waals surface area contributed by atoms with E-state index in [1.165, 1.54) is 5.56 Å². The van der Waals surface area contributed by atoms with Crippen molar-refractivity contribution in [2.75, 3.05) is 68.1 Å². The minimum Gasteiger partial charge on any atom is -0.368 e. The maximum atomic E-state index is 4.80. The number of aryl methyl sites for hydroxylation is 1. The lowest BCUT2D eigenvalue weighted by molar-refractivity contribution is 0.276. The number of pyridine rings is 1. The second kappa shape index (κ2) is 10.7. The second-order valence-corrected chi connectivity index (χ2v) is 11.9. The van der Waals surface area contributed by atoms with Gasteiger partial charge in [0.25, 0.3) is 0 Å². The zero-order chi connectivity index (χ0) is 25.4. The van der Waals surface area contributed by atoms with Crippen LogP contribution in [0.1, 0.15) is 35.5 Å². The van der Waals surface area contributed by atoms with Crippen molar-refractivity contribution in [2.24, 2.45) is 0 Å². The predicted octanol–water partition coefficient (Wildman–Crippen LogP) is 4.00. The largest absolute Gasteiger partial charge is 0.368 e. The molecule has 0 aliphatic carbocycles. The van der Waals surface area contributed by atoms with Crippen molar-refractivity contribution >= 4 is 47.0 Å². The lowest BCUT2D eigenvalue weighted by Crippen LogP contribution is -2.45. The Hall–Kier alpha value is -2.54. The van der Waals surface area contributed by atoms with E-state index in [0.717, 1.165) is 86.0 Å². The van der Waals surface area contributed by atoms with Crippen LogP contribution in [-0.2, 0) is 0 Å². The van der Waals surface area contributed by atoms with Crippen molar-refractivity contribution in [3.8, 4) is 0 Å². The van der Waals surface area contributed by atoms with E-state index in [4.69, 9.17) is 10.1 Å². The van der Waals surface area contributed by atoms with Crippen molar-refractivity contribution in [3.05, 3.63) is 42.0 Å². The van der Waals surface area contributed by atoms with Gasteiger partial charge in [0.1, 0.15) is 17.0 Å². The number of piperazine rings is 1. The van der Waals surface area contributed by atoms with E-state index in [1.54, 1.807) is 11.8 Å². The first-order valence-corrected chi connectivity index (χ1v) is 14.9. The van der Waals surface area contributed by atoms with Crippen molar-refractivity contribution in [1.29, 1.82) is 0 Å². The summed E-state index contributed by atoms with van der Waals surface area (Å²) < 4.78 is 4.60. The third kappa shape index (κ3) is 5.52. The highest BCUT2D eigenvalue weighted by Crippen LogP contribution is 2.47. The molecule has 0 spiro atoms. The number of piperidine rings is 1. The number of rotatable bonds is 6. The lowest BCUT2D eigenvalue weighted by atomic mass is 10.1. The van der Waals surface area contributed by atoms with Crippen molar-refractivity contribution in [2.45, 2.75) is 36.1 Å². The minimum atomic E-state index is 0.136. The number of aromatic nitrogens is 5. The summed E-state index contributed by atoms with van der Waals surface area (Å²) in [6.45, 7) is 8.16. The van der Waals surface area contributed by atoms with Crippen LogP contribution in [0.25, 0.3) is 0 Å². The van der Waals surface area contributed by atoms with Crippen molar-refractivity contribution in [1.82, 2.24) is 33.9 Å². The van der Waals surface area contributed by atoms with Gasteiger partial charge in [-0.15, -0.1) is 0 Å². The molecule has 2 fully saturated rings. The molecule has 37 heavy (non-hydrogen) atoms. The van der Waals surface area contributed by atoms with Gasteiger partial charge in [-0.2, -0.15) is 10.1 Å². The SMILES string of the molecule is CSN1CCC(n2cc(C3Nc4cc(Nc5cc(C)nc(N6CCN(C)CC6)n5)ncc4S3)cn2)CC1. The van der Waals surface area contributed by atoms with Crippen LogP contribution in [0.4, 0.5) is 23.3 Å². The molecule has 0 amide bonds. The maximum Gasteiger partial charge on any atom is 0.227 e. The number of anilines is 4. The summed E-state index contributed by atoms with van der Waals surface area (Å²) in [7, 11) is 2.15. The van der Waals surface area contributed by atoms with Gasteiger partial charge >= 0.3 is 0 Å². The topological polar surface area (TPSA) is 90.3 Å². The smallest absolute Gasteiger partial charge is 0.227 e. The summed E-state index contributed by atoms with van der Waals surface area (Å²) in [5, 5.41) is 11.9. The van der Waals surface area contributed by atoms with Gasteiger partial charge in [0.2, 0.25) is 5.95 Å². The van der Waals surface area contributed by atoms with Gasteiger partial charge in [0.15, 0.2) is 0 Å². The van der Waals surface area contributed by atoms with Crippen LogP contribution in [0.15, 0.2) is 35.6 Å². The summed E-state index contributed by atoms with van der Waals surface area (Å²) in [5.41, 5.74) is 3.22. The highest BCUT2D eigenvalue weighted by Gasteiger charge is 2.27. The third-order valence-corrected chi connectivity index (χ3v) is 9.35. The molecule has 10 nitrogen and oxygen atoms in total. The van der Waals surface area contributed by atoms with E-state index >= 15 is 0 Å². The number of likely N-dealkylation sites (N-methyl/N-ethyl adjacent to an activating group) is 1. The minimum absolute atomic E-state index is 0.136. The van der Waals surface area contributed by atoms with Crippen LogP contribution in [0.3, 0.4) is 0 Å². The molecule has 2 saturated heterocycles. The molecule has 3 aliphatic rings. The Morgan fingerprint density at radius 1 is 1.03 bits per heavy atom. The zero-order valence-electron chi connectivity index (χ0n) is 21.6. The van der Waals surface area contributed by atoms with Gasteiger partial charge in [-0.25, -0.2) is 9.97 Å². The number of hydrogen-bond donors (Lipinski definition) is 2. The lowest BCUT2D eigenvalue weighted by Gasteiger charge is -2.32. The molecule has 3 aromatic heterocycles. The molecule has 0 aromatic carbocycles. The van der Waals surface area contributed by atoms with E-state index in [1.807, 2.05) is 37.3 Å². The number of hydrogen-bond acceptors (Lipinski definition) is 11. The molecule has 12 heteroatoms. The highest BCUT2D eigenvalue weighted by molar-refractivity contribution is 8.00. The highest BCUT2D eigenvalue weighted by atomic mass is 32.2. The molecule has 0 bridgehead atoms. The summed E-state index contributed by atoms with van der Waals surface area (Å²) in [4.78, 5) is 19.9. The Morgan fingerprint density at radius 3 is 2.62 bits per heavy atom. The number of fused-ring (bicyclic) bond motifs is 1. The van der Waals surface area contributed by atoms with Gasteiger partial charge < -0.3 is 20.4 Å². The summed E-state index contributed by atoms with van der Waals surface area (Å²) in [5.74, 6) is 2.32. The van der Waals surface area contributed by atoms with Gasteiger partial charge in [-0.1, -0.05) is 23.7 Å². The number of nitrogens with one attached hydrogen (secondary N) is 2. The predicted molar refractivity (Wildman–Crippen MR) is 152 cm³/mol. The molecular formula is C25H34N10S2. The Kier molecular flexibility index (Phi) is 7.15. The molecule has 6 heterocycles. The van der Waals surface area contributed by atoms with Crippen LogP contribution >= 0.6 is 23.7 Å². The standard InChI is InChI=1S/C25H34N10S2/c1-17-12-23(31-25(28-17)33-10-8-32(2)9-11-33)30-22-13-20-21(15-26-22)37-24(29-20)18-14-27-35(16-18)19-4-6-34(36-3)7-5-19/h12-16,19,24,29H,4-11H2,1-3H3,(H,26,28,30,31). The molecule has 2 N–H and O–H groups in total. The first-order chi connectivity index (χ1) is 18.0. The van der Waals surface area contributed by atoms with Crippen LogP contribution in [-0.4, -0.2) is 86.5 Å². The fourth-order valence-electron chi connectivity index (χ4n) is 5.04. The molecule has 1 atom stereocenters. The van der Waals surface area contributed by atoms with E-state index in [0.29, 0.717) is 6.04 Å².